The van der Waals surface area contributed by atoms with Crippen molar-refractivity contribution >= 4 is 11.6 Å². The summed E-state index contributed by atoms with van der Waals surface area (Å²) in [4.78, 5) is 17.3. The summed E-state index contributed by atoms with van der Waals surface area (Å²) in [5.41, 5.74) is 5.31. The van der Waals surface area contributed by atoms with E-state index in [2.05, 4.69) is 58.7 Å². The third-order valence-electron chi connectivity index (χ3n) is 5.79. The van der Waals surface area contributed by atoms with Gasteiger partial charge in [0, 0.05) is 38.4 Å². The number of hydrogen-bond acceptors (Lipinski definition) is 3. The fraction of sp³-hybridized carbons (Fsp3) is 0.435. The first kappa shape index (κ1) is 18.1. The molecular formula is C23H29N3O. The smallest absolute Gasteiger partial charge is 0.244 e. The highest BCUT2D eigenvalue weighted by atomic mass is 16.2. The maximum Gasteiger partial charge on any atom is 0.244 e. The minimum atomic E-state index is -0.190. The van der Waals surface area contributed by atoms with Gasteiger partial charge in [-0.3, -0.25) is 9.69 Å². The van der Waals surface area contributed by atoms with Gasteiger partial charge in [0.2, 0.25) is 5.91 Å². The third kappa shape index (κ3) is 4.33. The predicted molar refractivity (Wildman–Crippen MR) is 110 cm³/mol. The molecule has 0 spiro atoms. The van der Waals surface area contributed by atoms with Gasteiger partial charge in [-0.1, -0.05) is 36.4 Å². The van der Waals surface area contributed by atoms with Crippen molar-refractivity contribution in [3.05, 3.63) is 65.2 Å². The van der Waals surface area contributed by atoms with Gasteiger partial charge in [-0.2, -0.15) is 0 Å². The molecule has 0 radical (unpaired) electrons. The van der Waals surface area contributed by atoms with Crippen LogP contribution < -0.4 is 5.32 Å². The molecule has 4 nitrogen and oxygen atoms in total. The predicted octanol–water partition coefficient (Wildman–Crippen LogP) is 3.32. The molecule has 2 aromatic carbocycles. The second-order valence-electron chi connectivity index (χ2n) is 7.79. The second-order valence-corrected chi connectivity index (χ2v) is 7.79. The summed E-state index contributed by atoms with van der Waals surface area (Å²) in [5.74, 6) is 0.204. The van der Waals surface area contributed by atoms with Crippen LogP contribution in [-0.4, -0.2) is 47.9 Å². The fourth-order valence-electron chi connectivity index (χ4n) is 4.22. The Kier molecular flexibility index (Phi) is 5.44. The van der Waals surface area contributed by atoms with Crippen LogP contribution in [0.3, 0.4) is 0 Å². The number of piperazine rings is 1. The van der Waals surface area contributed by atoms with E-state index < -0.39 is 0 Å². The highest BCUT2D eigenvalue weighted by molar-refractivity contribution is 5.84. The van der Waals surface area contributed by atoms with Crippen molar-refractivity contribution in [2.45, 2.75) is 38.8 Å². The number of nitrogens with zero attached hydrogens (tertiary/aromatic N) is 2. The molecular weight excluding hydrogens is 334 g/mol. The molecule has 0 unspecified atom stereocenters. The minimum Gasteiger partial charge on any atom is -0.374 e. The molecule has 1 saturated heterocycles. The van der Waals surface area contributed by atoms with Gasteiger partial charge in [0.05, 0.1) is 0 Å². The molecule has 1 atom stereocenters. The lowest BCUT2D eigenvalue weighted by Crippen LogP contribution is -2.51. The van der Waals surface area contributed by atoms with Crippen molar-refractivity contribution in [1.82, 2.24) is 9.80 Å². The summed E-state index contributed by atoms with van der Waals surface area (Å²) in [6.07, 6.45) is 3.61. The molecule has 27 heavy (non-hydrogen) atoms. The van der Waals surface area contributed by atoms with Crippen LogP contribution in [0.4, 0.5) is 5.69 Å². The van der Waals surface area contributed by atoms with Crippen LogP contribution in [-0.2, 0) is 24.2 Å². The number of carbonyl (C=O) groups is 1. The lowest BCUT2D eigenvalue weighted by molar-refractivity contribution is -0.133. The highest BCUT2D eigenvalue weighted by Gasteiger charge is 2.25. The van der Waals surface area contributed by atoms with Crippen LogP contribution in [0.1, 0.15) is 30.0 Å². The van der Waals surface area contributed by atoms with E-state index in [1.165, 1.54) is 29.5 Å². The number of rotatable bonds is 5. The molecule has 0 aromatic heterocycles. The molecule has 1 amide bonds. The maximum absolute atomic E-state index is 12.8. The molecule has 1 N–H and O–H groups in total. The Labute approximate surface area is 162 Å². The zero-order valence-electron chi connectivity index (χ0n) is 16.2. The summed E-state index contributed by atoms with van der Waals surface area (Å²) in [6, 6.07) is 16.9. The molecule has 4 heteroatoms. The monoisotopic (exact) mass is 363 g/mol. The van der Waals surface area contributed by atoms with Crippen molar-refractivity contribution in [2.24, 2.45) is 0 Å². The SMILES string of the molecule is C[C@@H](Nc1ccc2c(c1)CCC2)C(=O)N1CCN(Cc2ccccc2)CC1. The Morgan fingerprint density at radius 2 is 1.74 bits per heavy atom. The van der Waals surface area contributed by atoms with Crippen molar-refractivity contribution in [3.8, 4) is 0 Å². The van der Waals surface area contributed by atoms with E-state index in [4.69, 9.17) is 0 Å². The molecule has 1 aliphatic heterocycles. The van der Waals surface area contributed by atoms with E-state index in [9.17, 15) is 4.79 Å². The zero-order valence-corrected chi connectivity index (χ0v) is 16.2. The van der Waals surface area contributed by atoms with Crippen LogP contribution in [0.2, 0.25) is 0 Å². The molecule has 2 aromatic rings. The summed E-state index contributed by atoms with van der Waals surface area (Å²) in [5, 5.41) is 3.41. The normalized spacial score (nSPS) is 18.2. The number of anilines is 1. The summed E-state index contributed by atoms with van der Waals surface area (Å²) in [7, 11) is 0. The van der Waals surface area contributed by atoms with Gasteiger partial charge in [-0.15, -0.1) is 0 Å². The van der Waals surface area contributed by atoms with E-state index in [1.807, 2.05) is 11.8 Å². The van der Waals surface area contributed by atoms with Crippen molar-refractivity contribution in [1.29, 1.82) is 0 Å². The zero-order chi connectivity index (χ0) is 18.6. The number of carbonyl (C=O) groups excluding carboxylic acids is 1. The van der Waals surface area contributed by atoms with Crippen molar-refractivity contribution in [2.75, 3.05) is 31.5 Å². The summed E-state index contributed by atoms with van der Waals surface area (Å²) < 4.78 is 0. The standard InChI is InChI=1S/C23H29N3O/c1-18(24-22-11-10-20-8-5-9-21(20)16-22)23(27)26-14-12-25(13-15-26)17-19-6-3-2-4-7-19/h2-4,6-7,10-11,16,18,24H,5,8-9,12-15,17H2,1H3/t18-/m1/s1. The average Bonchev–Trinajstić information content (AvgIpc) is 3.16. The number of aryl methyl sites for hydroxylation is 2. The van der Waals surface area contributed by atoms with E-state index >= 15 is 0 Å². The number of amides is 1. The van der Waals surface area contributed by atoms with Gasteiger partial charge in [0.1, 0.15) is 6.04 Å². The Morgan fingerprint density at radius 3 is 2.52 bits per heavy atom. The molecule has 0 bridgehead atoms. The minimum absolute atomic E-state index is 0.190. The molecule has 4 rings (SSSR count). The van der Waals surface area contributed by atoms with Gasteiger partial charge in [0.25, 0.3) is 0 Å². The largest absolute Gasteiger partial charge is 0.374 e. The third-order valence-corrected chi connectivity index (χ3v) is 5.79. The fourth-order valence-corrected chi connectivity index (χ4v) is 4.22. The first-order valence-electron chi connectivity index (χ1n) is 10.1. The topological polar surface area (TPSA) is 35.6 Å². The van der Waals surface area contributed by atoms with Crippen LogP contribution in [0.25, 0.3) is 0 Å². The van der Waals surface area contributed by atoms with E-state index in [0.717, 1.165) is 44.8 Å². The van der Waals surface area contributed by atoms with Crippen LogP contribution in [0.15, 0.2) is 48.5 Å². The molecule has 1 fully saturated rings. The average molecular weight is 364 g/mol. The van der Waals surface area contributed by atoms with E-state index in [0.29, 0.717) is 0 Å². The molecule has 1 aliphatic carbocycles. The summed E-state index contributed by atoms with van der Waals surface area (Å²) >= 11 is 0. The Hall–Kier alpha value is -2.33. The van der Waals surface area contributed by atoms with Gasteiger partial charge < -0.3 is 10.2 Å². The van der Waals surface area contributed by atoms with E-state index in [1.54, 1.807) is 0 Å². The number of fused-ring (bicyclic) bond motifs is 1. The van der Waals surface area contributed by atoms with Crippen LogP contribution >= 0.6 is 0 Å². The first-order valence-corrected chi connectivity index (χ1v) is 10.1. The molecule has 0 saturated carbocycles. The Bertz CT molecular complexity index is 781. The van der Waals surface area contributed by atoms with Gasteiger partial charge in [-0.25, -0.2) is 0 Å². The van der Waals surface area contributed by atoms with Crippen molar-refractivity contribution in [3.63, 3.8) is 0 Å². The maximum atomic E-state index is 12.8. The second kappa shape index (κ2) is 8.13. The Morgan fingerprint density at radius 1 is 1.00 bits per heavy atom. The number of benzene rings is 2. The number of nitrogens with one attached hydrogen (secondary N) is 1. The van der Waals surface area contributed by atoms with Crippen LogP contribution in [0.5, 0.6) is 0 Å². The first-order chi connectivity index (χ1) is 13.2. The quantitative estimate of drug-likeness (QED) is 0.885. The molecule has 2 aliphatic rings. The molecule has 1 heterocycles. The van der Waals surface area contributed by atoms with Crippen LogP contribution in [0, 0.1) is 0 Å². The Balaban J connectivity index is 1.28. The lowest BCUT2D eigenvalue weighted by atomic mass is 10.1. The highest BCUT2D eigenvalue weighted by Crippen LogP contribution is 2.25. The van der Waals surface area contributed by atoms with Gasteiger partial charge >= 0.3 is 0 Å². The lowest BCUT2D eigenvalue weighted by Gasteiger charge is -2.36. The summed E-state index contributed by atoms with van der Waals surface area (Å²) in [6.45, 7) is 6.43. The number of hydrogen-bond donors (Lipinski definition) is 1. The van der Waals surface area contributed by atoms with E-state index in [-0.39, 0.29) is 11.9 Å². The van der Waals surface area contributed by atoms with Gasteiger partial charge in [0.15, 0.2) is 0 Å². The van der Waals surface area contributed by atoms with Gasteiger partial charge in [-0.05, 0) is 55.0 Å². The molecule has 142 valence electrons. The van der Waals surface area contributed by atoms with Crippen molar-refractivity contribution < 1.29 is 4.79 Å².